The highest BCUT2D eigenvalue weighted by Gasteiger charge is 2.22. The molecule has 102 valence electrons. The van der Waals surface area contributed by atoms with Crippen molar-refractivity contribution in [3.63, 3.8) is 0 Å². The predicted molar refractivity (Wildman–Crippen MR) is 69.9 cm³/mol. The molecule has 1 rings (SSSR count). The Morgan fingerprint density at radius 3 is 2.67 bits per heavy atom. The lowest BCUT2D eigenvalue weighted by Crippen LogP contribution is -2.30. The molecule has 4 nitrogen and oxygen atoms in total. The van der Waals surface area contributed by atoms with Crippen molar-refractivity contribution in [3.8, 4) is 0 Å². The largest absolute Gasteiger partial charge is 0.465 e. The van der Waals surface area contributed by atoms with Crippen LogP contribution in [0.4, 0.5) is 0 Å². The van der Waals surface area contributed by atoms with Crippen LogP contribution in [0.1, 0.15) is 39.0 Å². The van der Waals surface area contributed by atoms with E-state index in [4.69, 9.17) is 4.74 Å². The minimum atomic E-state index is -0.194. The zero-order valence-electron chi connectivity index (χ0n) is 11.1. The third-order valence-electron chi connectivity index (χ3n) is 3.26. The first-order chi connectivity index (χ1) is 8.63. The second-order valence-corrected chi connectivity index (χ2v) is 5.02. The van der Waals surface area contributed by atoms with E-state index < -0.39 is 0 Å². The van der Waals surface area contributed by atoms with E-state index in [2.05, 4.69) is 11.9 Å². The molecule has 0 radical (unpaired) electrons. The third-order valence-corrected chi connectivity index (χ3v) is 3.26. The van der Waals surface area contributed by atoms with Gasteiger partial charge in [0.15, 0.2) is 0 Å². The summed E-state index contributed by atoms with van der Waals surface area (Å²) in [4.78, 5) is 22.7. The number of esters is 1. The zero-order chi connectivity index (χ0) is 13.4. The molecular formula is C14H23NO3. The van der Waals surface area contributed by atoms with Crippen molar-refractivity contribution >= 4 is 11.9 Å². The van der Waals surface area contributed by atoms with Crippen LogP contribution in [0, 0.1) is 11.8 Å². The summed E-state index contributed by atoms with van der Waals surface area (Å²) in [5.41, 5.74) is 0. The number of carbonyl (C=O) groups excluding carboxylic acids is 2. The summed E-state index contributed by atoms with van der Waals surface area (Å²) < 4.78 is 5.29. The zero-order valence-corrected chi connectivity index (χ0v) is 11.1. The van der Waals surface area contributed by atoms with E-state index in [-0.39, 0.29) is 23.7 Å². The molecule has 0 aromatic heterocycles. The average Bonchev–Trinajstić information content (AvgIpc) is 2.42. The lowest BCUT2D eigenvalue weighted by molar-refractivity contribution is -0.150. The number of nitrogens with one attached hydrogen (secondary N) is 1. The first-order valence-corrected chi connectivity index (χ1v) is 6.70. The second kappa shape index (κ2) is 7.90. The van der Waals surface area contributed by atoms with Crippen LogP contribution in [0.25, 0.3) is 0 Å². The molecule has 0 aromatic carbocycles. The maximum Gasteiger partial charge on any atom is 0.308 e. The molecule has 4 heteroatoms. The Kier molecular flexibility index (Phi) is 6.47. The molecular weight excluding hydrogens is 230 g/mol. The molecule has 1 atom stereocenters. The van der Waals surface area contributed by atoms with Gasteiger partial charge in [-0.15, -0.1) is 0 Å². The van der Waals surface area contributed by atoms with Crippen LogP contribution in [0.2, 0.25) is 0 Å². The van der Waals surface area contributed by atoms with Crippen molar-refractivity contribution in [2.24, 2.45) is 11.8 Å². The normalized spacial score (nSPS) is 17.8. The van der Waals surface area contributed by atoms with E-state index in [1.807, 2.05) is 6.92 Å². The van der Waals surface area contributed by atoms with E-state index in [0.29, 0.717) is 13.2 Å². The summed E-state index contributed by atoms with van der Waals surface area (Å²) in [7, 11) is 0. The van der Waals surface area contributed by atoms with Gasteiger partial charge in [0.25, 0.3) is 0 Å². The standard InChI is InChI=1S/C14H23NO3/c1-3-13(16)15-9-11(2)10-18-14(17)12-7-5-4-6-8-12/h3,11-12H,1,4-10H2,2H3,(H,15,16). The number of hydrogen-bond donors (Lipinski definition) is 1. The third kappa shape index (κ3) is 5.34. The minimum Gasteiger partial charge on any atom is -0.465 e. The monoisotopic (exact) mass is 253 g/mol. The van der Waals surface area contributed by atoms with Crippen molar-refractivity contribution in [1.82, 2.24) is 5.32 Å². The van der Waals surface area contributed by atoms with Crippen LogP contribution in [0.15, 0.2) is 12.7 Å². The van der Waals surface area contributed by atoms with Gasteiger partial charge in [0, 0.05) is 12.5 Å². The van der Waals surface area contributed by atoms with Crippen molar-refractivity contribution < 1.29 is 14.3 Å². The van der Waals surface area contributed by atoms with Gasteiger partial charge in [0.2, 0.25) is 5.91 Å². The predicted octanol–water partition coefficient (Wildman–Crippen LogP) is 2.05. The lowest BCUT2D eigenvalue weighted by atomic mass is 9.89. The molecule has 1 aliphatic carbocycles. The molecule has 1 unspecified atom stereocenters. The fraction of sp³-hybridized carbons (Fsp3) is 0.714. The highest BCUT2D eigenvalue weighted by Crippen LogP contribution is 2.24. The van der Waals surface area contributed by atoms with Crippen LogP contribution in [0.5, 0.6) is 0 Å². The topological polar surface area (TPSA) is 55.4 Å². The van der Waals surface area contributed by atoms with Gasteiger partial charge in [-0.1, -0.05) is 32.8 Å². The van der Waals surface area contributed by atoms with Crippen molar-refractivity contribution in [2.45, 2.75) is 39.0 Å². The van der Waals surface area contributed by atoms with Gasteiger partial charge in [0.1, 0.15) is 0 Å². The molecule has 18 heavy (non-hydrogen) atoms. The molecule has 1 saturated carbocycles. The molecule has 0 aliphatic heterocycles. The van der Waals surface area contributed by atoms with Crippen LogP contribution in [-0.4, -0.2) is 25.0 Å². The number of amides is 1. The van der Waals surface area contributed by atoms with Crippen LogP contribution in [-0.2, 0) is 14.3 Å². The van der Waals surface area contributed by atoms with E-state index in [1.165, 1.54) is 12.5 Å². The molecule has 1 amide bonds. The maximum atomic E-state index is 11.8. The molecule has 0 bridgehead atoms. The van der Waals surface area contributed by atoms with Crippen LogP contribution < -0.4 is 5.32 Å². The Morgan fingerprint density at radius 1 is 1.39 bits per heavy atom. The SMILES string of the molecule is C=CC(=O)NCC(C)COC(=O)C1CCCCC1. The smallest absolute Gasteiger partial charge is 0.308 e. The molecule has 1 fully saturated rings. The van der Waals surface area contributed by atoms with Gasteiger partial charge in [-0.25, -0.2) is 0 Å². The Bertz CT molecular complexity index is 295. The van der Waals surface area contributed by atoms with Gasteiger partial charge < -0.3 is 10.1 Å². The van der Waals surface area contributed by atoms with E-state index in [9.17, 15) is 9.59 Å². The molecule has 0 heterocycles. The Labute approximate surface area is 109 Å². The number of carbonyl (C=O) groups is 2. The molecule has 0 saturated heterocycles. The van der Waals surface area contributed by atoms with Crippen LogP contribution >= 0.6 is 0 Å². The van der Waals surface area contributed by atoms with Gasteiger partial charge in [-0.3, -0.25) is 9.59 Å². The molecule has 0 spiro atoms. The highest BCUT2D eigenvalue weighted by atomic mass is 16.5. The summed E-state index contributed by atoms with van der Waals surface area (Å²) >= 11 is 0. The van der Waals surface area contributed by atoms with Crippen molar-refractivity contribution in [2.75, 3.05) is 13.2 Å². The lowest BCUT2D eigenvalue weighted by Gasteiger charge is -2.21. The number of hydrogen-bond acceptors (Lipinski definition) is 3. The van der Waals surface area contributed by atoms with Gasteiger partial charge in [0.05, 0.1) is 12.5 Å². The number of rotatable bonds is 6. The summed E-state index contributed by atoms with van der Waals surface area (Å²) in [6, 6.07) is 0. The average molecular weight is 253 g/mol. The Morgan fingerprint density at radius 2 is 2.06 bits per heavy atom. The maximum absolute atomic E-state index is 11.8. The molecule has 1 aliphatic rings. The fourth-order valence-electron chi connectivity index (χ4n) is 2.09. The first kappa shape index (κ1) is 14.7. The second-order valence-electron chi connectivity index (χ2n) is 5.02. The van der Waals surface area contributed by atoms with E-state index >= 15 is 0 Å². The number of ether oxygens (including phenoxy) is 1. The van der Waals surface area contributed by atoms with Crippen LogP contribution in [0.3, 0.4) is 0 Å². The fourth-order valence-corrected chi connectivity index (χ4v) is 2.09. The summed E-state index contributed by atoms with van der Waals surface area (Å²) in [6.45, 7) is 6.19. The summed E-state index contributed by atoms with van der Waals surface area (Å²) in [6.07, 6.45) is 6.64. The van der Waals surface area contributed by atoms with E-state index in [1.54, 1.807) is 0 Å². The van der Waals surface area contributed by atoms with Gasteiger partial charge in [-0.05, 0) is 18.9 Å². The molecule has 0 aromatic rings. The minimum absolute atomic E-state index is 0.0726. The summed E-state index contributed by atoms with van der Waals surface area (Å²) in [5, 5.41) is 2.69. The Balaban J connectivity index is 2.16. The van der Waals surface area contributed by atoms with Crippen molar-refractivity contribution in [3.05, 3.63) is 12.7 Å². The van der Waals surface area contributed by atoms with Crippen molar-refractivity contribution in [1.29, 1.82) is 0 Å². The van der Waals surface area contributed by atoms with E-state index in [0.717, 1.165) is 25.7 Å². The van der Waals surface area contributed by atoms with Gasteiger partial charge in [-0.2, -0.15) is 0 Å². The quantitative estimate of drug-likeness (QED) is 0.582. The van der Waals surface area contributed by atoms with Gasteiger partial charge >= 0.3 is 5.97 Å². The summed E-state index contributed by atoms with van der Waals surface area (Å²) in [5.74, 6) is -0.0489. The molecule has 1 N–H and O–H groups in total. The highest BCUT2D eigenvalue weighted by molar-refractivity contribution is 5.86. The first-order valence-electron chi connectivity index (χ1n) is 6.70. The Hall–Kier alpha value is -1.32.